The Labute approximate surface area is 126 Å². The van der Waals surface area contributed by atoms with Crippen LogP contribution in [-0.4, -0.2) is 19.6 Å². The maximum absolute atomic E-state index is 11.7. The fraction of sp³-hybridized carbons (Fsp3) is 0.200. The van der Waals surface area contributed by atoms with Gasteiger partial charge in [0.25, 0.3) is 5.91 Å². The molecular weight excluding hydrogens is 288 g/mol. The second-order valence-corrected chi connectivity index (χ2v) is 4.36. The van der Waals surface area contributed by atoms with Crippen LogP contribution in [0, 0.1) is 6.92 Å². The van der Waals surface area contributed by atoms with Crippen LogP contribution < -0.4 is 25.8 Å². The van der Waals surface area contributed by atoms with Crippen LogP contribution in [0.5, 0.6) is 11.5 Å². The summed E-state index contributed by atoms with van der Waals surface area (Å²) in [6.07, 6.45) is 1.27. The highest BCUT2D eigenvalue weighted by Gasteiger charge is 2.09. The van der Waals surface area contributed by atoms with E-state index in [2.05, 4.69) is 10.9 Å². The first-order valence-corrected chi connectivity index (χ1v) is 6.50. The van der Waals surface area contributed by atoms with Gasteiger partial charge in [0.2, 0.25) is 11.2 Å². The Morgan fingerprint density at radius 2 is 2.14 bits per heavy atom. The molecule has 2 aromatic rings. The number of anilines is 1. The Morgan fingerprint density at radius 3 is 2.86 bits per heavy atom. The summed E-state index contributed by atoms with van der Waals surface area (Å²) in [5.74, 6) is 0.568. The predicted molar refractivity (Wildman–Crippen MR) is 80.0 cm³/mol. The molecule has 0 fully saturated rings. The van der Waals surface area contributed by atoms with Gasteiger partial charge in [0.05, 0.1) is 19.1 Å². The van der Waals surface area contributed by atoms with E-state index >= 15 is 0 Å². The summed E-state index contributed by atoms with van der Waals surface area (Å²) in [4.78, 5) is 23.3. The fourth-order valence-corrected chi connectivity index (χ4v) is 1.69. The smallest absolute Gasteiger partial charge is 0.276 e. The van der Waals surface area contributed by atoms with Crippen LogP contribution >= 0.6 is 0 Å². The van der Waals surface area contributed by atoms with Gasteiger partial charge in [-0.2, -0.15) is 0 Å². The molecule has 0 saturated carbocycles. The number of carbonyl (C=O) groups excluding carboxylic acids is 1. The number of amides is 1. The maximum Gasteiger partial charge on any atom is 0.276 e. The SMILES string of the molecule is COc1cccc(NNC(=O)COc2c(C)occc2=O)c1. The number of hydrogen-bond acceptors (Lipinski definition) is 6. The summed E-state index contributed by atoms with van der Waals surface area (Å²) >= 11 is 0. The maximum atomic E-state index is 11.7. The average molecular weight is 304 g/mol. The molecule has 0 bridgehead atoms. The monoisotopic (exact) mass is 304 g/mol. The van der Waals surface area contributed by atoms with E-state index in [-0.39, 0.29) is 17.8 Å². The van der Waals surface area contributed by atoms with Crippen molar-refractivity contribution in [3.05, 3.63) is 52.6 Å². The summed E-state index contributed by atoms with van der Waals surface area (Å²) < 4.78 is 15.3. The summed E-state index contributed by atoms with van der Waals surface area (Å²) in [5.41, 5.74) is 5.50. The zero-order valence-electron chi connectivity index (χ0n) is 12.2. The topological polar surface area (TPSA) is 89.8 Å². The highest BCUT2D eigenvalue weighted by molar-refractivity contribution is 5.79. The van der Waals surface area contributed by atoms with Gasteiger partial charge in [-0.3, -0.25) is 20.4 Å². The van der Waals surface area contributed by atoms with Gasteiger partial charge in [0.1, 0.15) is 11.5 Å². The molecule has 0 radical (unpaired) electrons. The molecule has 2 N–H and O–H groups in total. The van der Waals surface area contributed by atoms with E-state index < -0.39 is 5.91 Å². The van der Waals surface area contributed by atoms with Crippen molar-refractivity contribution in [1.82, 2.24) is 5.43 Å². The Bertz CT molecular complexity index is 711. The lowest BCUT2D eigenvalue weighted by atomic mass is 10.3. The van der Waals surface area contributed by atoms with Gasteiger partial charge >= 0.3 is 0 Å². The fourth-order valence-electron chi connectivity index (χ4n) is 1.69. The first kappa shape index (κ1) is 15.4. The van der Waals surface area contributed by atoms with Gasteiger partial charge < -0.3 is 13.9 Å². The van der Waals surface area contributed by atoms with Crippen molar-refractivity contribution < 1.29 is 18.7 Å². The standard InChI is InChI=1S/C15H16N2O5/c1-10-15(13(18)6-7-21-10)22-9-14(19)17-16-11-4-3-5-12(8-11)20-2/h3-8,16H,9H2,1-2H3,(H,17,19). The molecule has 0 aliphatic rings. The number of rotatable bonds is 6. The number of aryl methyl sites for hydroxylation is 1. The molecule has 1 heterocycles. The minimum atomic E-state index is -0.439. The Hall–Kier alpha value is -2.96. The number of hydrogen-bond donors (Lipinski definition) is 2. The minimum Gasteiger partial charge on any atom is -0.497 e. The molecular formula is C15H16N2O5. The highest BCUT2D eigenvalue weighted by Crippen LogP contribution is 2.15. The van der Waals surface area contributed by atoms with Gasteiger partial charge in [-0.15, -0.1) is 0 Å². The van der Waals surface area contributed by atoms with E-state index in [1.165, 1.54) is 12.3 Å². The molecule has 7 nitrogen and oxygen atoms in total. The van der Waals surface area contributed by atoms with Crippen molar-refractivity contribution in [2.45, 2.75) is 6.92 Å². The second-order valence-electron chi connectivity index (χ2n) is 4.36. The zero-order chi connectivity index (χ0) is 15.9. The van der Waals surface area contributed by atoms with Crippen LogP contribution in [0.2, 0.25) is 0 Å². The molecule has 0 saturated heterocycles. The number of carbonyl (C=O) groups is 1. The minimum absolute atomic E-state index is 0.0269. The highest BCUT2D eigenvalue weighted by atomic mass is 16.5. The molecule has 0 unspecified atom stereocenters. The van der Waals surface area contributed by atoms with Crippen LogP contribution in [0.3, 0.4) is 0 Å². The largest absolute Gasteiger partial charge is 0.497 e. The normalized spacial score (nSPS) is 9.91. The Kier molecular flexibility index (Phi) is 5.02. The van der Waals surface area contributed by atoms with Crippen molar-refractivity contribution in [1.29, 1.82) is 0 Å². The first-order chi connectivity index (χ1) is 10.6. The zero-order valence-corrected chi connectivity index (χ0v) is 12.2. The first-order valence-electron chi connectivity index (χ1n) is 6.50. The van der Waals surface area contributed by atoms with Gasteiger partial charge in [-0.05, 0) is 19.1 Å². The third-order valence-electron chi connectivity index (χ3n) is 2.77. The van der Waals surface area contributed by atoms with Crippen LogP contribution in [0.1, 0.15) is 5.76 Å². The summed E-state index contributed by atoms with van der Waals surface area (Å²) in [6, 6.07) is 8.28. The van der Waals surface area contributed by atoms with E-state index in [0.29, 0.717) is 17.2 Å². The third-order valence-corrected chi connectivity index (χ3v) is 2.77. The Balaban J connectivity index is 1.87. The molecule has 0 aliphatic carbocycles. The number of benzene rings is 1. The van der Waals surface area contributed by atoms with Crippen LogP contribution in [-0.2, 0) is 4.79 Å². The molecule has 0 aliphatic heterocycles. The van der Waals surface area contributed by atoms with Crippen molar-refractivity contribution in [3.63, 3.8) is 0 Å². The van der Waals surface area contributed by atoms with Gasteiger partial charge in [0.15, 0.2) is 6.61 Å². The van der Waals surface area contributed by atoms with E-state index in [9.17, 15) is 9.59 Å². The van der Waals surface area contributed by atoms with E-state index in [0.717, 1.165) is 0 Å². The number of ether oxygens (including phenoxy) is 2. The number of methoxy groups -OCH3 is 1. The average Bonchev–Trinajstić information content (AvgIpc) is 2.52. The third kappa shape index (κ3) is 4.02. The van der Waals surface area contributed by atoms with Gasteiger partial charge in [-0.1, -0.05) is 6.07 Å². The van der Waals surface area contributed by atoms with E-state index in [4.69, 9.17) is 13.9 Å². The lowest BCUT2D eigenvalue weighted by Gasteiger charge is -2.10. The quantitative estimate of drug-likeness (QED) is 0.786. The molecule has 1 aromatic carbocycles. The van der Waals surface area contributed by atoms with Crippen molar-refractivity contribution >= 4 is 11.6 Å². The lowest BCUT2D eigenvalue weighted by Crippen LogP contribution is -2.34. The van der Waals surface area contributed by atoms with Crippen LogP contribution in [0.4, 0.5) is 5.69 Å². The molecule has 22 heavy (non-hydrogen) atoms. The van der Waals surface area contributed by atoms with Crippen molar-refractivity contribution in [2.75, 3.05) is 19.1 Å². The summed E-state index contributed by atoms with van der Waals surface area (Å²) in [5, 5.41) is 0. The summed E-state index contributed by atoms with van der Waals surface area (Å²) in [7, 11) is 1.55. The van der Waals surface area contributed by atoms with Crippen LogP contribution in [0.15, 0.2) is 45.8 Å². The molecule has 1 amide bonds. The molecule has 1 aromatic heterocycles. The van der Waals surface area contributed by atoms with Crippen molar-refractivity contribution in [2.24, 2.45) is 0 Å². The predicted octanol–water partition coefficient (Wildman–Crippen LogP) is 1.48. The number of nitrogens with one attached hydrogen (secondary N) is 2. The second kappa shape index (κ2) is 7.16. The summed E-state index contributed by atoms with van der Waals surface area (Å²) in [6.45, 7) is 1.27. The lowest BCUT2D eigenvalue weighted by molar-refractivity contribution is -0.122. The number of hydrazine groups is 1. The molecule has 0 atom stereocenters. The van der Waals surface area contributed by atoms with Gasteiger partial charge in [-0.25, -0.2) is 0 Å². The molecule has 7 heteroatoms. The molecule has 116 valence electrons. The Morgan fingerprint density at radius 1 is 1.32 bits per heavy atom. The molecule has 0 spiro atoms. The molecule has 2 rings (SSSR count). The van der Waals surface area contributed by atoms with E-state index in [1.54, 1.807) is 38.3 Å². The van der Waals surface area contributed by atoms with E-state index in [1.807, 2.05) is 0 Å². The van der Waals surface area contributed by atoms with Gasteiger partial charge in [0, 0.05) is 12.1 Å². The van der Waals surface area contributed by atoms with Crippen LogP contribution in [0.25, 0.3) is 0 Å². The van der Waals surface area contributed by atoms with Crippen molar-refractivity contribution in [3.8, 4) is 11.5 Å².